The van der Waals surface area contributed by atoms with E-state index in [4.69, 9.17) is 5.26 Å². The molecule has 2 aromatic carbocycles. The molecule has 2 aromatic rings. The van der Waals surface area contributed by atoms with Crippen LogP contribution in [0.5, 0.6) is 0 Å². The summed E-state index contributed by atoms with van der Waals surface area (Å²) in [6.07, 6.45) is 0.427. The molecular weight excluding hydrogens is 255 g/mol. The van der Waals surface area contributed by atoms with Gasteiger partial charge in [0.05, 0.1) is 11.6 Å². The molecule has 0 aliphatic heterocycles. The molecule has 0 saturated carbocycles. The number of benzene rings is 2. The van der Waals surface area contributed by atoms with Crippen LogP contribution in [-0.2, 0) is 6.42 Å². The first-order chi connectivity index (χ1) is 9.70. The van der Waals surface area contributed by atoms with E-state index in [-0.39, 0.29) is 11.7 Å². The van der Waals surface area contributed by atoms with Gasteiger partial charge in [0.25, 0.3) is 5.91 Å². The molecule has 0 heterocycles. The van der Waals surface area contributed by atoms with Crippen molar-refractivity contribution < 1.29 is 9.18 Å². The van der Waals surface area contributed by atoms with Crippen molar-refractivity contribution in [1.82, 2.24) is 5.32 Å². The molecule has 0 unspecified atom stereocenters. The zero-order valence-electron chi connectivity index (χ0n) is 10.8. The number of nitriles is 1. The number of amides is 1. The van der Waals surface area contributed by atoms with Gasteiger partial charge in [-0.25, -0.2) is 4.39 Å². The molecule has 0 aliphatic rings. The van der Waals surface area contributed by atoms with Crippen molar-refractivity contribution in [3.05, 3.63) is 71.0 Å². The van der Waals surface area contributed by atoms with E-state index >= 15 is 0 Å². The van der Waals surface area contributed by atoms with Crippen LogP contribution in [-0.4, -0.2) is 12.5 Å². The predicted octanol–water partition coefficient (Wildman–Crippen LogP) is 2.67. The highest BCUT2D eigenvalue weighted by molar-refractivity contribution is 5.94. The van der Waals surface area contributed by atoms with E-state index in [1.165, 1.54) is 12.1 Å². The van der Waals surface area contributed by atoms with Gasteiger partial charge in [0, 0.05) is 12.1 Å². The Morgan fingerprint density at radius 1 is 1.20 bits per heavy atom. The van der Waals surface area contributed by atoms with Gasteiger partial charge in [-0.1, -0.05) is 24.3 Å². The topological polar surface area (TPSA) is 52.9 Å². The lowest BCUT2D eigenvalue weighted by atomic mass is 10.1. The van der Waals surface area contributed by atoms with Crippen LogP contribution in [0.4, 0.5) is 4.39 Å². The number of carbonyl (C=O) groups is 1. The lowest BCUT2D eigenvalue weighted by molar-refractivity contribution is 0.0954. The van der Waals surface area contributed by atoms with E-state index < -0.39 is 0 Å². The molecule has 0 spiro atoms. The van der Waals surface area contributed by atoms with Gasteiger partial charge in [-0.2, -0.15) is 5.26 Å². The Morgan fingerprint density at radius 3 is 2.75 bits per heavy atom. The van der Waals surface area contributed by atoms with Crippen molar-refractivity contribution in [1.29, 1.82) is 5.26 Å². The lowest BCUT2D eigenvalue weighted by Gasteiger charge is -2.06. The molecule has 0 aromatic heterocycles. The molecule has 20 heavy (non-hydrogen) atoms. The first kappa shape index (κ1) is 13.8. The fraction of sp³-hybridized carbons (Fsp3) is 0.125. The summed E-state index contributed by atoms with van der Waals surface area (Å²) < 4.78 is 13.4. The molecule has 0 fully saturated rings. The summed E-state index contributed by atoms with van der Waals surface area (Å²) >= 11 is 0. The second-order valence-corrected chi connectivity index (χ2v) is 4.29. The van der Waals surface area contributed by atoms with Crippen molar-refractivity contribution >= 4 is 5.91 Å². The quantitative estimate of drug-likeness (QED) is 0.926. The summed E-state index contributed by atoms with van der Waals surface area (Å²) in [5.74, 6) is -0.535. The van der Waals surface area contributed by atoms with Crippen LogP contribution in [0.25, 0.3) is 0 Å². The fourth-order valence-corrected chi connectivity index (χ4v) is 1.84. The molecular formula is C16H13FN2O. The van der Waals surface area contributed by atoms with Gasteiger partial charge >= 0.3 is 0 Å². The first-order valence-electron chi connectivity index (χ1n) is 6.22. The van der Waals surface area contributed by atoms with Crippen LogP contribution < -0.4 is 5.32 Å². The van der Waals surface area contributed by atoms with Gasteiger partial charge in [0.2, 0.25) is 0 Å². The molecule has 4 heteroatoms. The minimum atomic E-state index is -0.270. The largest absolute Gasteiger partial charge is 0.352 e. The first-order valence-corrected chi connectivity index (χ1v) is 6.22. The number of carbonyl (C=O) groups excluding carboxylic acids is 1. The van der Waals surface area contributed by atoms with Crippen LogP contribution in [0.3, 0.4) is 0 Å². The maximum Gasteiger partial charge on any atom is 0.251 e. The summed E-state index contributed by atoms with van der Waals surface area (Å²) in [5.41, 5.74) is 1.43. The summed E-state index contributed by atoms with van der Waals surface area (Å²) in [7, 11) is 0. The van der Waals surface area contributed by atoms with E-state index in [1.54, 1.807) is 36.4 Å². The zero-order valence-corrected chi connectivity index (χ0v) is 10.8. The van der Waals surface area contributed by atoms with Crippen molar-refractivity contribution in [2.24, 2.45) is 0 Å². The van der Waals surface area contributed by atoms with Gasteiger partial charge in [-0.05, 0) is 36.2 Å². The molecule has 1 amide bonds. The molecule has 100 valence electrons. The molecule has 0 radical (unpaired) electrons. The van der Waals surface area contributed by atoms with Crippen molar-refractivity contribution in [2.45, 2.75) is 6.42 Å². The van der Waals surface area contributed by atoms with Crippen molar-refractivity contribution in [3.8, 4) is 6.07 Å². The van der Waals surface area contributed by atoms with E-state index in [1.807, 2.05) is 6.07 Å². The second-order valence-electron chi connectivity index (χ2n) is 4.29. The Balaban J connectivity index is 1.93. The van der Waals surface area contributed by atoms with E-state index in [2.05, 4.69) is 5.32 Å². The summed E-state index contributed by atoms with van der Waals surface area (Å²) in [6.45, 7) is 0.344. The van der Waals surface area contributed by atoms with Crippen LogP contribution >= 0.6 is 0 Å². The highest BCUT2D eigenvalue weighted by Crippen LogP contribution is 2.07. The number of rotatable bonds is 4. The van der Waals surface area contributed by atoms with Crippen molar-refractivity contribution in [2.75, 3.05) is 6.54 Å². The smallest absolute Gasteiger partial charge is 0.251 e. The molecule has 3 nitrogen and oxygen atoms in total. The van der Waals surface area contributed by atoms with Gasteiger partial charge in [-0.15, -0.1) is 0 Å². The fourth-order valence-electron chi connectivity index (χ4n) is 1.84. The Kier molecular flexibility index (Phi) is 4.46. The zero-order chi connectivity index (χ0) is 14.4. The molecule has 2 rings (SSSR count). The Hall–Kier alpha value is -2.67. The maximum absolute atomic E-state index is 13.4. The lowest BCUT2D eigenvalue weighted by Crippen LogP contribution is -2.25. The van der Waals surface area contributed by atoms with E-state index in [0.29, 0.717) is 29.7 Å². The minimum absolute atomic E-state index is 0.265. The third kappa shape index (κ3) is 3.42. The van der Waals surface area contributed by atoms with Crippen molar-refractivity contribution in [3.63, 3.8) is 0 Å². The molecule has 0 atom stereocenters. The summed E-state index contributed by atoms with van der Waals surface area (Å²) in [6, 6.07) is 14.9. The summed E-state index contributed by atoms with van der Waals surface area (Å²) in [4.78, 5) is 11.9. The standard InChI is InChI=1S/C16H13FN2O/c17-15-7-2-1-5-13(15)8-9-19-16(20)14-6-3-4-12(10-14)11-18/h1-7,10H,8-9H2,(H,19,20). The highest BCUT2D eigenvalue weighted by Gasteiger charge is 2.06. The van der Waals surface area contributed by atoms with E-state index in [9.17, 15) is 9.18 Å². The van der Waals surface area contributed by atoms with Crippen LogP contribution in [0.15, 0.2) is 48.5 Å². The van der Waals surface area contributed by atoms with Crippen LogP contribution in [0.1, 0.15) is 21.5 Å². The average Bonchev–Trinajstić information content (AvgIpc) is 2.49. The SMILES string of the molecule is N#Cc1cccc(C(=O)NCCc2ccccc2F)c1. The normalized spacial score (nSPS) is 9.80. The number of nitrogens with one attached hydrogen (secondary N) is 1. The van der Waals surface area contributed by atoms with Crippen LogP contribution in [0.2, 0.25) is 0 Å². The van der Waals surface area contributed by atoms with Gasteiger partial charge in [-0.3, -0.25) is 4.79 Å². The predicted molar refractivity (Wildman–Crippen MR) is 73.6 cm³/mol. The third-order valence-electron chi connectivity index (χ3n) is 2.89. The van der Waals surface area contributed by atoms with Gasteiger partial charge < -0.3 is 5.32 Å². The van der Waals surface area contributed by atoms with Gasteiger partial charge in [0.1, 0.15) is 5.82 Å². The highest BCUT2D eigenvalue weighted by atomic mass is 19.1. The maximum atomic E-state index is 13.4. The minimum Gasteiger partial charge on any atom is -0.352 e. The van der Waals surface area contributed by atoms with Crippen LogP contribution in [0, 0.1) is 17.1 Å². The molecule has 0 bridgehead atoms. The number of nitrogens with zero attached hydrogens (tertiary/aromatic N) is 1. The molecule has 1 N–H and O–H groups in total. The Labute approximate surface area is 116 Å². The Morgan fingerprint density at radius 2 is 2.00 bits per heavy atom. The molecule has 0 aliphatic carbocycles. The second kappa shape index (κ2) is 6.48. The number of hydrogen-bond acceptors (Lipinski definition) is 2. The monoisotopic (exact) mass is 268 g/mol. The Bertz CT molecular complexity index is 662. The average molecular weight is 268 g/mol. The summed E-state index contributed by atoms with van der Waals surface area (Å²) in [5, 5.41) is 11.5. The van der Waals surface area contributed by atoms with Gasteiger partial charge in [0.15, 0.2) is 0 Å². The number of hydrogen-bond donors (Lipinski definition) is 1. The molecule has 0 saturated heterocycles. The third-order valence-corrected chi connectivity index (χ3v) is 2.89. The number of halogens is 1. The van der Waals surface area contributed by atoms with E-state index in [0.717, 1.165) is 0 Å².